The van der Waals surface area contributed by atoms with Crippen LogP contribution >= 0.6 is 0 Å². The maximum atomic E-state index is 13.3. The van der Waals surface area contributed by atoms with Gasteiger partial charge >= 0.3 is 0 Å². The molecule has 0 bridgehead atoms. The fraction of sp³-hybridized carbons (Fsp3) is 0.250. The molecule has 0 spiro atoms. The largest absolute Gasteiger partial charge is 0.507 e. The summed E-state index contributed by atoms with van der Waals surface area (Å²) < 4.78 is 5.42. The quantitative estimate of drug-likeness (QED) is 0.326. The second-order valence-corrected chi connectivity index (χ2v) is 9.46. The van der Waals surface area contributed by atoms with E-state index in [1.54, 1.807) is 36.7 Å². The van der Waals surface area contributed by atoms with Crippen molar-refractivity contribution in [2.75, 3.05) is 12.0 Å². The van der Waals surface area contributed by atoms with Gasteiger partial charge in [-0.15, -0.1) is 0 Å². The number of anilines is 1. The molecule has 34 heavy (non-hydrogen) atoms. The monoisotopic (exact) mass is 456 g/mol. The first kappa shape index (κ1) is 23.2. The van der Waals surface area contributed by atoms with Crippen molar-refractivity contribution in [2.24, 2.45) is 0 Å². The number of nitrogens with zero attached hydrogens (tertiary/aromatic N) is 2. The maximum absolute atomic E-state index is 13.3. The molecule has 1 unspecified atom stereocenters. The number of hydrogen-bond donors (Lipinski definition) is 1. The van der Waals surface area contributed by atoms with Crippen LogP contribution in [-0.2, 0) is 15.0 Å². The molecule has 1 atom stereocenters. The van der Waals surface area contributed by atoms with Gasteiger partial charge in [-0.1, -0.05) is 50.6 Å². The normalized spacial score (nSPS) is 17.8. The van der Waals surface area contributed by atoms with Gasteiger partial charge in [-0.25, -0.2) is 0 Å². The number of aliphatic hydroxyl groups is 1. The number of aromatic nitrogens is 1. The molecule has 0 radical (unpaired) electrons. The van der Waals surface area contributed by atoms with Crippen molar-refractivity contribution in [1.82, 2.24) is 4.98 Å². The van der Waals surface area contributed by atoms with Crippen molar-refractivity contribution >= 4 is 23.1 Å². The van der Waals surface area contributed by atoms with Crippen LogP contribution in [0.1, 0.15) is 49.1 Å². The molecule has 6 heteroatoms. The van der Waals surface area contributed by atoms with E-state index in [0.717, 1.165) is 11.1 Å². The van der Waals surface area contributed by atoms with Crippen LogP contribution in [0, 0.1) is 6.92 Å². The summed E-state index contributed by atoms with van der Waals surface area (Å²) in [5.74, 6) is -1.32. The van der Waals surface area contributed by atoms with Gasteiger partial charge in [0.15, 0.2) is 0 Å². The summed E-state index contributed by atoms with van der Waals surface area (Å²) in [4.78, 5) is 32.3. The van der Waals surface area contributed by atoms with Crippen molar-refractivity contribution < 1.29 is 19.4 Å². The molecular formula is C28H28N2O4. The minimum atomic E-state index is -0.834. The van der Waals surface area contributed by atoms with Gasteiger partial charge in [-0.2, -0.15) is 0 Å². The van der Waals surface area contributed by atoms with Gasteiger partial charge in [0, 0.05) is 18.1 Å². The zero-order chi connectivity index (χ0) is 24.6. The van der Waals surface area contributed by atoms with Crippen LogP contribution in [0.5, 0.6) is 5.75 Å². The third kappa shape index (κ3) is 4.07. The molecule has 1 fully saturated rings. The Morgan fingerprint density at radius 3 is 2.35 bits per heavy atom. The number of rotatable bonds is 4. The zero-order valence-electron chi connectivity index (χ0n) is 20.0. The first-order valence-corrected chi connectivity index (χ1v) is 11.1. The number of aryl methyl sites for hydroxylation is 1. The van der Waals surface area contributed by atoms with Gasteiger partial charge in [-0.3, -0.25) is 19.5 Å². The Morgan fingerprint density at radius 1 is 1.06 bits per heavy atom. The van der Waals surface area contributed by atoms with E-state index < -0.39 is 17.7 Å². The molecule has 174 valence electrons. The van der Waals surface area contributed by atoms with Gasteiger partial charge in [-0.05, 0) is 53.8 Å². The number of pyridine rings is 1. The predicted octanol–water partition coefficient (Wildman–Crippen LogP) is 5.32. The number of ether oxygens (including phenoxy) is 1. The summed E-state index contributed by atoms with van der Waals surface area (Å²) in [5.41, 5.74) is 3.48. The van der Waals surface area contributed by atoms with E-state index in [2.05, 4.69) is 25.8 Å². The number of benzene rings is 2. The Kier molecular flexibility index (Phi) is 6.00. The standard InChI is InChI=1S/C28H28N2O4/c1-17-8-13-22(34-5)21(15-17)25(31)23-24(18-7-6-14-29-16-18)30(27(33)26(23)32)20-11-9-19(10-12-20)28(2,3)4/h6-16,24,31H,1-5H3/b25-23+. The summed E-state index contributed by atoms with van der Waals surface area (Å²) in [6, 6.07) is 15.6. The van der Waals surface area contributed by atoms with Crippen LogP contribution < -0.4 is 9.64 Å². The molecule has 1 amide bonds. The Balaban J connectivity index is 1.93. The molecule has 4 rings (SSSR count). The van der Waals surface area contributed by atoms with Crippen LogP contribution in [-0.4, -0.2) is 28.9 Å². The average molecular weight is 457 g/mol. The third-order valence-electron chi connectivity index (χ3n) is 6.07. The minimum Gasteiger partial charge on any atom is -0.507 e. The summed E-state index contributed by atoms with van der Waals surface area (Å²) >= 11 is 0. The number of amides is 1. The van der Waals surface area contributed by atoms with Crippen LogP contribution in [0.4, 0.5) is 5.69 Å². The third-order valence-corrected chi connectivity index (χ3v) is 6.07. The number of hydrogen-bond acceptors (Lipinski definition) is 5. The molecule has 1 aliphatic heterocycles. The molecule has 1 aliphatic rings. The van der Waals surface area contributed by atoms with Crippen molar-refractivity contribution in [3.63, 3.8) is 0 Å². The summed E-state index contributed by atoms with van der Waals surface area (Å²) in [6.07, 6.45) is 3.23. The smallest absolute Gasteiger partial charge is 0.300 e. The lowest BCUT2D eigenvalue weighted by atomic mass is 9.87. The van der Waals surface area contributed by atoms with Crippen molar-refractivity contribution in [1.29, 1.82) is 0 Å². The molecule has 1 saturated heterocycles. The second-order valence-electron chi connectivity index (χ2n) is 9.46. The first-order chi connectivity index (χ1) is 16.1. The summed E-state index contributed by atoms with van der Waals surface area (Å²) in [5, 5.41) is 11.4. The molecule has 1 N–H and O–H groups in total. The van der Waals surface area contributed by atoms with Gasteiger partial charge < -0.3 is 9.84 Å². The van der Waals surface area contributed by atoms with Crippen molar-refractivity contribution in [3.05, 3.63) is 94.8 Å². The number of carbonyl (C=O) groups excluding carboxylic acids is 2. The summed E-state index contributed by atoms with van der Waals surface area (Å²) in [7, 11) is 1.50. The van der Waals surface area contributed by atoms with Crippen molar-refractivity contribution in [3.8, 4) is 5.75 Å². The van der Waals surface area contributed by atoms with E-state index in [9.17, 15) is 14.7 Å². The number of ketones is 1. The van der Waals surface area contributed by atoms with Gasteiger partial charge in [0.2, 0.25) is 0 Å². The number of aliphatic hydroxyl groups excluding tert-OH is 1. The number of methoxy groups -OCH3 is 1. The lowest BCUT2D eigenvalue weighted by molar-refractivity contribution is -0.132. The highest BCUT2D eigenvalue weighted by Crippen LogP contribution is 2.43. The Hall–Kier alpha value is -3.93. The minimum absolute atomic E-state index is 0.00166. The molecule has 6 nitrogen and oxygen atoms in total. The van der Waals surface area contributed by atoms with E-state index >= 15 is 0 Å². The summed E-state index contributed by atoms with van der Waals surface area (Å²) in [6.45, 7) is 8.21. The van der Waals surface area contributed by atoms with Crippen LogP contribution in [0.2, 0.25) is 0 Å². The Labute approximate surface area is 199 Å². The lowest BCUT2D eigenvalue weighted by Gasteiger charge is -2.26. The Bertz CT molecular complexity index is 1270. The van der Waals surface area contributed by atoms with Gasteiger partial charge in [0.1, 0.15) is 11.5 Å². The van der Waals surface area contributed by atoms with E-state index in [1.165, 1.54) is 12.0 Å². The van der Waals surface area contributed by atoms with Crippen LogP contribution in [0.3, 0.4) is 0 Å². The number of Topliss-reactive ketones (excluding diaryl/α,β-unsaturated/α-hetero) is 1. The molecule has 3 aromatic rings. The first-order valence-electron chi connectivity index (χ1n) is 11.1. The van der Waals surface area contributed by atoms with Crippen LogP contribution in [0.15, 0.2) is 72.6 Å². The highest BCUT2D eigenvalue weighted by molar-refractivity contribution is 6.51. The average Bonchev–Trinajstić information content (AvgIpc) is 3.09. The highest BCUT2D eigenvalue weighted by atomic mass is 16.5. The van der Waals surface area contributed by atoms with E-state index in [-0.39, 0.29) is 16.7 Å². The van der Waals surface area contributed by atoms with E-state index in [4.69, 9.17) is 4.74 Å². The molecule has 1 aromatic heterocycles. The Morgan fingerprint density at radius 2 is 1.76 bits per heavy atom. The van der Waals surface area contributed by atoms with E-state index in [0.29, 0.717) is 22.6 Å². The SMILES string of the molecule is COc1ccc(C)cc1/C(O)=C1\C(=O)C(=O)N(c2ccc(C(C)(C)C)cc2)C1c1cccnc1. The van der Waals surface area contributed by atoms with Crippen molar-refractivity contribution in [2.45, 2.75) is 39.2 Å². The molecule has 2 heterocycles. The zero-order valence-corrected chi connectivity index (χ0v) is 20.0. The highest BCUT2D eigenvalue weighted by Gasteiger charge is 2.47. The predicted molar refractivity (Wildman–Crippen MR) is 132 cm³/mol. The lowest BCUT2D eigenvalue weighted by Crippen LogP contribution is -2.29. The topological polar surface area (TPSA) is 79.7 Å². The molecular weight excluding hydrogens is 428 g/mol. The molecule has 0 saturated carbocycles. The van der Waals surface area contributed by atoms with Crippen LogP contribution in [0.25, 0.3) is 5.76 Å². The molecule has 2 aromatic carbocycles. The molecule has 0 aliphatic carbocycles. The number of carbonyl (C=O) groups is 2. The van der Waals surface area contributed by atoms with Gasteiger partial charge in [0.05, 0.1) is 24.3 Å². The van der Waals surface area contributed by atoms with Gasteiger partial charge in [0.25, 0.3) is 11.7 Å². The second kappa shape index (κ2) is 8.78. The fourth-order valence-corrected chi connectivity index (χ4v) is 4.23. The van der Waals surface area contributed by atoms with E-state index in [1.807, 2.05) is 37.3 Å². The maximum Gasteiger partial charge on any atom is 0.300 e. The fourth-order valence-electron chi connectivity index (χ4n) is 4.23.